The molecule has 2 aromatic carbocycles. The first-order chi connectivity index (χ1) is 14.4. The number of halogens is 3. The van der Waals surface area contributed by atoms with Crippen LogP contribution in [0.5, 0.6) is 0 Å². The van der Waals surface area contributed by atoms with Crippen LogP contribution in [-0.4, -0.2) is 29.3 Å². The van der Waals surface area contributed by atoms with E-state index in [0.29, 0.717) is 34.5 Å². The van der Waals surface area contributed by atoms with Crippen molar-refractivity contribution in [3.8, 4) is 0 Å². The van der Waals surface area contributed by atoms with Crippen LogP contribution in [0.25, 0.3) is 0 Å². The van der Waals surface area contributed by atoms with E-state index < -0.39 is 6.04 Å². The molecule has 30 heavy (non-hydrogen) atoms. The van der Waals surface area contributed by atoms with Crippen LogP contribution in [0.15, 0.2) is 42.5 Å². The zero-order valence-corrected chi connectivity index (χ0v) is 19.5. The highest BCUT2D eigenvalue weighted by molar-refractivity contribution is 6.35. The summed E-state index contributed by atoms with van der Waals surface area (Å²) < 4.78 is 0. The highest BCUT2D eigenvalue weighted by Crippen LogP contribution is 2.25. The van der Waals surface area contributed by atoms with Crippen molar-refractivity contribution in [1.29, 1.82) is 0 Å². The summed E-state index contributed by atoms with van der Waals surface area (Å²) in [6.07, 6.45) is 2.06. The summed E-state index contributed by atoms with van der Waals surface area (Å²) in [5.41, 5.74) is 1.65. The second kappa shape index (κ2) is 12.2. The van der Waals surface area contributed by atoms with Crippen molar-refractivity contribution in [2.24, 2.45) is 0 Å². The number of carbonyl (C=O) groups is 2. The molecule has 0 aliphatic rings. The first kappa shape index (κ1) is 24.5. The van der Waals surface area contributed by atoms with Gasteiger partial charge in [-0.1, -0.05) is 72.9 Å². The number of aryl methyl sites for hydroxylation is 1. The van der Waals surface area contributed by atoms with E-state index in [-0.39, 0.29) is 24.8 Å². The van der Waals surface area contributed by atoms with Crippen LogP contribution in [0, 0.1) is 0 Å². The Morgan fingerprint density at radius 2 is 1.73 bits per heavy atom. The molecular weight excluding hydrogens is 443 g/mol. The van der Waals surface area contributed by atoms with Crippen molar-refractivity contribution in [3.05, 3.63) is 68.7 Å². The Balaban J connectivity index is 2.25. The molecule has 2 amide bonds. The zero-order chi connectivity index (χ0) is 22.1. The maximum Gasteiger partial charge on any atom is 0.242 e. The molecule has 2 rings (SSSR count). The molecule has 0 spiro atoms. The summed E-state index contributed by atoms with van der Waals surface area (Å²) >= 11 is 18.6. The van der Waals surface area contributed by atoms with Gasteiger partial charge in [-0.2, -0.15) is 0 Å². The zero-order valence-electron chi connectivity index (χ0n) is 17.3. The SMILES string of the molecule is CCCNC(=O)C(CC)N(Cc1ccc(Cl)cc1Cl)C(=O)CCc1ccccc1Cl. The number of amides is 2. The maximum absolute atomic E-state index is 13.2. The number of hydrogen-bond acceptors (Lipinski definition) is 2. The molecule has 0 fully saturated rings. The van der Waals surface area contributed by atoms with Crippen LogP contribution in [0.3, 0.4) is 0 Å². The van der Waals surface area contributed by atoms with E-state index in [2.05, 4.69) is 5.32 Å². The number of nitrogens with zero attached hydrogens (tertiary/aromatic N) is 1. The molecule has 1 atom stereocenters. The summed E-state index contributed by atoms with van der Waals surface area (Å²) in [5, 5.41) is 4.52. The van der Waals surface area contributed by atoms with Crippen LogP contribution >= 0.6 is 34.8 Å². The molecule has 7 heteroatoms. The molecular formula is C23H27Cl3N2O2. The van der Waals surface area contributed by atoms with E-state index in [1.165, 1.54) is 0 Å². The average molecular weight is 470 g/mol. The second-order valence-corrected chi connectivity index (χ2v) is 8.31. The summed E-state index contributed by atoms with van der Waals surface area (Å²) in [4.78, 5) is 27.6. The molecule has 0 saturated carbocycles. The lowest BCUT2D eigenvalue weighted by atomic mass is 10.1. The predicted octanol–water partition coefficient (Wildman–Crippen LogP) is 5.91. The predicted molar refractivity (Wildman–Crippen MR) is 124 cm³/mol. The van der Waals surface area contributed by atoms with Gasteiger partial charge in [-0.25, -0.2) is 0 Å². The first-order valence-corrected chi connectivity index (χ1v) is 11.2. The first-order valence-electron chi connectivity index (χ1n) is 10.1. The van der Waals surface area contributed by atoms with E-state index in [9.17, 15) is 9.59 Å². The van der Waals surface area contributed by atoms with Gasteiger partial charge in [0, 0.05) is 34.6 Å². The van der Waals surface area contributed by atoms with Gasteiger partial charge in [0.1, 0.15) is 6.04 Å². The van der Waals surface area contributed by atoms with E-state index in [0.717, 1.165) is 17.5 Å². The molecule has 1 N–H and O–H groups in total. The lowest BCUT2D eigenvalue weighted by Crippen LogP contribution is -2.49. The van der Waals surface area contributed by atoms with Gasteiger partial charge >= 0.3 is 0 Å². The summed E-state index contributed by atoms with van der Waals surface area (Å²) in [6.45, 7) is 4.68. The van der Waals surface area contributed by atoms with Gasteiger partial charge in [0.25, 0.3) is 0 Å². The average Bonchev–Trinajstić information content (AvgIpc) is 2.72. The summed E-state index contributed by atoms with van der Waals surface area (Å²) in [7, 11) is 0. The van der Waals surface area contributed by atoms with Crippen molar-refractivity contribution >= 4 is 46.6 Å². The minimum atomic E-state index is -0.581. The molecule has 0 radical (unpaired) electrons. The third kappa shape index (κ3) is 6.90. The highest BCUT2D eigenvalue weighted by atomic mass is 35.5. The summed E-state index contributed by atoms with van der Waals surface area (Å²) in [5.74, 6) is -0.282. The van der Waals surface area contributed by atoms with Crippen LogP contribution in [0.4, 0.5) is 0 Å². The van der Waals surface area contributed by atoms with Gasteiger partial charge in [0.2, 0.25) is 11.8 Å². The minimum absolute atomic E-state index is 0.126. The number of hydrogen-bond donors (Lipinski definition) is 1. The topological polar surface area (TPSA) is 49.4 Å². The molecule has 0 aromatic heterocycles. The fraction of sp³-hybridized carbons (Fsp3) is 0.391. The van der Waals surface area contributed by atoms with Crippen LogP contribution in [0.2, 0.25) is 15.1 Å². The Morgan fingerprint density at radius 1 is 1.00 bits per heavy atom. The Labute approximate surface area is 193 Å². The van der Waals surface area contributed by atoms with Gasteiger partial charge in [-0.15, -0.1) is 0 Å². The molecule has 4 nitrogen and oxygen atoms in total. The summed E-state index contributed by atoms with van der Waals surface area (Å²) in [6, 6.07) is 12.0. The van der Waals surface area contributed by atoms with Gasteiger partial charge in [-0.3, -0.25) is 9.59 Å². The second-order valence-electron chi connectivity index (χ2n) is 7.06. The van der Waals surface area contributed by atoms with Gasteiger partial charge < -0.3 is 10.2 Å². The fourth-order valence-corrected chi connectivity index (χ4v) is 3.90. The fourth-order valence-electron chi connectivity index (χ4n) is 3.21. The molecule has 0 aliphatic carbocycles. The largest absolute Gasteiger partial charge is 0.354 e. The minimum Gasteiger partial charge on any atom is -0.354 e. The number of carbonyl (C=O) groups excluding carboxylic acids is 2. The van der Waals surface area contributed by atoms with Gasteiger partial charge in [0.05, 0.1) is 0 Å². The van der Waals surface area contributed by atoms with Crippen LogP contribution < -0.4 is 5.32 Å². The van der Waals surface area contributed by atoms with E-state index in [1.807, 2.05) is 32.0 Å². The number of benzene rings is 2. The Morgan fingerprint density at radius 3 is 2.37 bits per heavy atom. The Kier molecular flexibility index (Phi) is 9.96. The molecule has 0 aliphatic heterocycles. The Bertz CT molecular complexity index is 873. The molecule has 2 aromatic rings. The van der Waals surface area contributed by atoms with Gasteiger partial charge in [0.15, 0.2) is 0 Å². The highest BCUT2D eigenvalue weighted by Gasteiger charge is 2.28. The van der Waals surface area contributed by atoms with Crippen molar-refractivity contribution in [2.45, 2.75) is 52.1 Å². The molecule has 162 valence electrons. The van der Waals surface area contributed by atoms with Gasteiger partial charge in [-0.05, 0) is 48.6 Å². The van der Waals surface area contributed by atoms with E-state index in [1.54, 1.807) is 29.2 Å². The standard InChI is InChI=1S/C23H27Cl3N2O2/c1-3-13-27-23(30)21(4-2)28(15-17-9-11-18(24)14-20(17)26)22(29)12-10-16-7-5-6-8-19(16)25/h5-9,11,14,21H,3-4,10,12-13,15H2,1-2H3,(H,27,30). The maximum atomic E-state index is 13.2. The quantitative estimate of drug-likeness (QED) is 0.470. The Hall–Kier alpha value is -1.75. The number of rotatable bonds is 10. The van der Waals surface area contributed by atoms with E-state index >= 15 is 0 Å². The van der Waals surface area contributed by atoms with Crippen molar-refractivity contribution < 1.29 is 9.59 Å². The lowest BCUT2D eigenvalue weighted by molar-refractivity contribution is -0.141. The monoisotopic (exact) mass is 468 g/mol. The van der Waals surface area contributed by atoms with Crippen molar-refractivity contribution in [2.75, 3.05) is 6.54 Å². The van der Waals surface area contributed by atoms with E-state index in [4.69, 9.17) is 34.8 Å². The molecule has 0 saturated heterocycles. The molecule has 1 unspecified atom stereocenters. The third-order valence-corrected chi connectivity index (χ3v) is 5.81. The molecule has 0 heterocycles. The van der Waals surface area contributed by atoms with Crippen molar-refractivity contribution in [3.63, 3.8) is 0 Å². The van der Waals surface area contributed by atoms with Crippen LogP contribution in [-0.2, 0) is 22.6 Å². The normalized spacial score (nSPS) is 11.8. The van der Waals surface area contributed by atoms with Crippen LogP contribution in [0.1, 0.15) is 44.2 Å². The third-order valence-electron chi connectivity index (χ3n) is 4.86. The molecule has 0 bridgehead atoms. The van der Waals surface area contributed by atoms with Crippen molar-refractivity contribution in [1.82, 2.24) is 10.2 Å². The number of nitrogens with one attached hydrogen (secondary N) is 1. The lowest BCUT2D eigenvalue weighted by Gasteiger charge is -2.31. The smallest absolute Gasteiger partial charge is 0.242 e.